The molecule has 0 heterocycles. The van der Waals surface area contributed by atoms with Gasteiger partial charge in [-0.25, -0.2) is 4.39 Å². The van der Waals surface area contributed by atoms with Crippen LogP contribution in [0.4, 0.5) is 4.39 Å². The molecule has 2 aliphatic rings. The molecule has 2 aliphatic carbocycles. The first-order chi connectivity index (χ1) is 17.9. The van der Waals surface area contributed by atoms with Gasteiger partial charge in [-0.15, -0.1) is 0 Å². The van der Waals surface area contributed by atoms with Gasteiger partial charge in [0, 0.05) is 18.9 Å². The average Bonchev–Trinajstić information content (AvgIpc) is 3.07. The second kappa shape index (κ2) is 12.3. The quantitative estimate of drug-likeness (QED) is 0.357. The summed E-state index contributed by atoms with van der Waals surface area (Å²) in [5.41, 5.74) is 7.13. The molecule has 6 heteroatoms. The molecule has 0 radical (unpaired) electrons. The Morgan fingerprint density at radius 1 is 1.03 bits per heavy atom. The number of rotatable bonds is 10. The zero-order chi connectivity index (χ0) is 26.2. The molecule has 0 bridgehead atoms. The van der Waals surface area contributed by atoms with Crippen LogP contribution in [0, 0.1) is 17.7 Å². The number of ether oxygens (including phenoxy) is 2. The Labute approximate surface area is 217 Å². The number of primary amides is 1. The molecule has 0 aliphatic heterocycles. The predicted molar refractivity (Wildman–Crippen MR) is 141 cm³/mol. The van der Waals surface area contributed by atoms with Crippen molar-refractivity contribution in [1.29, 1.82) is 0 Å². The molecule has 0 saturated heterocycles. The van der Waals surface area contributed by atoms with Gasteiger partial charge in [0.15, 0.2) is 5.78 Å². The van der Waals surface area contributed by atoms with E-state index < -0.39 is 5.91 Å². The summed E-state index contributed by atoms with van der Waals surface area (Å²) in [5, 5.41) is 0. The third-order valence-electron chi connectivity index (χ3n) is 6.76. The van der Waals surface area contributed by atoms with Crippen molar-refractivity contribution in [3.8, 4) is 17.2 Å². The number of amides is 1. The number of benzene rings is 2. The van der Waals surface area contributed by atoms with Gasteiger partial charge in [-0.1, -0.05) is 37.6 Å². The van der Waals surface area contributed by atoms with Gasteiger partial charge in [0.25, 0.3) is 5.91 Å². The number of ketones is 1. The minimum Gasteiger partial charge on any atom is -0.461 e. The summed E-state index contributed by atoms with van der Waals surface area (Å²) in [6.07, 6.45) is 13.4. The lowest BCUT2D eigenvalue weighted by molar-refractivity contribution is -0.116. The summed E-state index contributed by atoms with van der Waals surface area (Å²) >= 11 is 0. The van der Waals surface area contributed by atoms with Crippen LogP contribution >= 0.6 is 0 Å². The van der Waals surface area contributed by atoms with Gasteiger partial charge in [-0.05, 0) is 85.2 Å². The van der Waals surface area contributed by atoms with E-state index in [1.54, 1.807) is 36.4 Å². The van der Waals surface area contributed by atoms with E-state index in [1.807, 2.05) is 18.2 Å². The van der Waals surface area contributed by atoms with Crippen LogP contribution in [0.3, 0.4) is 0 Å². The fraction of sp³-hybridized carbons (Fsp3) is 0.290. The average molecular weight is 502 g/mol. The highest BCUT2D eigenvalue weighted by Gasteiger charge is 2.25. The van der Waals surface area contributed by atoms with Gasteiger partial charge in [0.1, 0.15) is 28.8 Å². The highest BCUT2D eigenvalue weighted by Crippen LogP contribution is 2.36. The maximum Gasteiger partial charge on any atom is 0.252 e. The normalized spacial score (nSPS) is 19.5. The van der Waals surface area contributed by atoms with Gasteiger partial charge in [-0.2, -0.15) is 0 Å². The van der Waals surface area contributed by atoms with Crippen molar-refractivity contribution in [3.05, 3.63) is 102 Å². The van der Waals surface area contributed by atoms with Crippen LogP contribution in [0.2, 0.25) is 0 Å². The minimum atomic E-state index is -0.541. The monoisotopic (exact) mass is 501 g/mol. The lowest BCUT2D eigenvalue weighted by atomic mass is 9.76. The van der Waals surface area contributed by atoms with E-state index in [9.17, 15) is 14.0 Å². The largest absolute Gasteiger partial charge is 0.461 e. The predicted octanol–water partition coefficient (Wildman–Crippen LogP) is 6.96. The van der Waals surface area contributed by atoms with Crippen LogP contribution < -0.4 is 15.2 Å². The lowest BCUT2D eigenvalue weighted by Gasteiger charge is -2.29. The molecule has 37 heavy (non-hydrogen) atoms. The Hall–Kier alpha value is -3.93. The Balaban J connectivity index is 1.44. The molecule has 1 amide bonds. The molecule has 2 atom stereocenters. The van der Waals surface area contributed by atoms with Crippen molar-refractivity contribution in [3.63, 3.8) is 0 Å². The maximum atomic E-state index is 13.4. The van der Waals surface area contributed by atoms with E-state index in [1.165, 1.54) is 18.2 Å². The molecule has 0 aromatic heterocycles. The van der Waals surface area contributed by atoms with E-state index in [0.717, 1.165) is 37.7 Å². The molecular weight excluding hydrogens is 469 g/mol. The van der Waals surface area contributed by atoms with E-state index in [4.69, 9.17) is 15.2 Å². The number of hydrogen-bond acceptors (Lipinski definition) is 4. The van der Waals surface area contributed by atoms with Gasteiger partial charge in [0.2, 0.25) is 0 Å². The smallest absolute Gasteiger partial charge is 0.252 e. The van der Waals surface area contributed by atoms with Gasteiger partial charge < -0.3 is 15.2 Å². The molecule has 1 saturated carbocycles. The number of halogens is 1. The topological polar surface area (TPSA) is 78.6 Å². The van der Waals surface area contributed by atoms with Crippen LogP contribution in [-0.2, 0) is 9.59 Å². The fourth-order valence-electron chi connectivity index (χ4n) is 5.03. The molecule has 4 rings (SSSR count). The van der Waals surface area contributed by atoms with Crippen molar-refractivity contribution in [2.75, 3.05) is 0 Å². The Kier molecular flexibility index (Phi) is 8.72. The summed E-state index contributed by atoms with van der Waals surface area (Å²) in [5.74, 6) is 1.98. The lowest BCUT2D eigenvalue weighted by Crippen LogP contribution is -2.19. The Morgan fingerprint density at radius 2 is 1.76 bits per heavy atom. The fourth-order valence-corrected chi connectivity index (χ4v) is 5.03. The molecule has 1 fully saturated rings. The van der Waals surface area contributed by atoms with Crippen LogP contribution in [0.15, 0.2) is 96.3 Å². The number of nitrogens with two attached hydrogens (primary N) is 1. The highest BCUT2D eigenvalue weighted by molar-refractivity contribution is 5.96. The third-order valence-corrected chi connectivity index (χ3v) is 6.76. The molecule has 2 aromatic rings. The van der Waals surface area contributed by atoms with Crippen LogP contribution in [-0.4, -0.2) is 11.7 Å². The zero-order valence-corrected chi connectivity index (χ0v) is 20.8. The van der Waals surface area contributed by atoms with E-state index in [0.29, 0.717) is 53.3 Å². The highest BCUT2D eigenvalue weighted by atomic mass is 19.1. The molecule has 2 unspecified atom stereocenters. The molecular formula is C31H32FNO4. The number of carbonyl (C=O) groups excluding carboxylic acids is 2. The summed E-state index contributed by atoms with van der Waals surface area (Å²) in [6, 6.07) is 12.8. The summed E-state index contributed by atoms with van der Waals surface area (Å²) in [4.78, 5) is 24.2. The van der Waals surface area contributed by atoms with Crippen LogP contribution in [0.5, 0.6) is 17.2 Å². The Morgan fingerprint density at radius 3 is 2.46 bits per heavy atom. The standard InChI is InChI=1S/C31H32FNO4/c1-2-25(34)18-22-7-3-6-21(16-22)17-23-8-4-11-30(29(19-23)31(33)35)37-27-14-12-26(13-15-27)36-28-10-5-9-24(32)20-28/h2,4-5,8-10,12-15,19-22H,1,3,6-7,11,16-18H2,(H2,33,35). The summed E-state index contributed by atoms with van der Waals surface area (Å²) < 4.78 is 25.1. The third kappa shape index (κ3) is 7.53. The second-order valence-corrected chi connectivity index (χ2v) is 9.64. The van der Waals surface area contributed by atoms with E-state index >= 15 is 0 Å². The second-order valence-electron chi connectivity index (χ2n) is 9.64. The SMILES string of the molecule is C=CC(=O)CC1CCCC(CC2=CC(C(N)=O)=C(Oc3ccc(Oc4cccc(F)c4)cc3)CC=C2)C1. The van der Waals surface area contributed by atoms with Crippen molar-refractivity contribution >= 4 is 11.7 Å². The first-order valence-corrected chi connectivity index (χ1v) is 12.7. The molecule has 0 spiro atoms. The van der Waals surface area contributed by atoms with Crippen LogP contribution in [0.1, 0.15) is 44.9 Å². The van der Waals surface area contributed by atoms with Gasteiger partial charge in [0.05, 0.1) is 5.57 Å². The molecule has 2 aromatic carbocycles. The molecule has 2 N–H and O–H groups in total. The van der Waals surface area contributed by atoms with Crippen LogP contribution in [0.25, 0.3) is 0 Å². The summed E-state index contributed by atoms with van der Waals surface area (Å²) in [7, 11) is 0. The molecule has 5 nitrogen and oxygen atoms in total. The van der Waals surface area contributed by atoms with E-state index in [2.05, 4.69) is 6.58 Å². The van der Waals surface area contributed by atoms with Crippen molar-refractivity contribution in [2.24, 2.45) is 17.6 Å². The van der Waals surface area contributed by atoms with Crippen molar-refractivity contribution < 1.29 is 23.5 Å². The van der Waals surface area contributed by atoms with Gasteiger partial charge >= 0.3 is 0 Å². The first kappa shape index (κ1) is 26.1. The Bertz CT molecular complexity index is 1240. The number of hydrogen-bond donors (Lipinski definition) is 1. The van der Waals surface area contributed by atoms with Gasteiger partial charge in [-0.3, -0.25) is 9.59 Å². The number of carbonyl (C=O) groups is 2. The summed E-state index contributed by atoms with van der Waals surface area (Å²) in [6.45, 7) is 3.59. The maximum absolute atomic E-state index is 13.4. The first-order valence-electron chi connectivity index (χ1n) is 12.7. The van der Waals surface area contributed by atoms with Crippen molar-refractivity contribution in [1.82, 2.24) is 0 Å². The van der Waals surface area contributed by atoms with E-state index in [-0.39, 0.29) is 11.6 Å². The number of allylic oxidation sites excluding steroid dienone is 4. The molecule has 192 valence electrons. The minimum absolute atomic E-state index is 0.105. The zero-order valence-electron chi connectivity index (χ0n) is 20.8. The van der Waals surface area contributed by atoms with Crippen molar-refractivity contribution in [2.45, 2.75) is 44.9 Å².